The van der Waals surface area contributed by atoms with E-state index >= 15 is 0 Å². The fourth-order valence-corrected chi connectivity index (χ4v) is 4.70. The molecule has 1 heterocycles. The van der Waals surface area contributed by atoms with Gasteiger partial charge < -0.3 is 19.1 Å². The Morgan fingerprint density at radius 3 is 1.80 bits per heavy atom. The van der Waals surface area contributed by atoms with Crippen molar-refractivity contribution in [3.63, 3.8) is 0 Å². The zero-order chi connectivity index (χ0) is 25.9. The van der Waals surface area contributed by atoms with Crippen LogP contribution in [0.4, 0.5) is 5.69 Å². The van der Waals surface area contributed by atoms with E-state index in [0.717, 1.165) is 43.9 Å². The minimum Gasteiger partial charge on any atom is -0.423 e. The van der Waals surface area contributed by atoms with Crippen LogP contribution in [0.5, 0.6) is 17.2 Å². The van der Waals surface area contributed by atoms with Crippen LogP contribution in [0, 0.1) is 6.92 Å². The van der Waals surface area contributed by atoms with Gasteiger partial charge in [-0.15, -0.1) is 0 Å². The third-order valence-electron chi connectivity index (χ3n) is 4.79. The van der Waals surface area contributed by atoms with Crippen molar-refractivity contribution in [1.82, 2.24) is 0 Å². The minimum atomic E-state index is -3.51. The van der Waals surface area contributed by atoms with E-state index in [4.69, 9.17) is 14.2 Å². The average Bonchev–Trinajstić information content (AvgIpc) is 3.09. The number of esters is 3. The Balaban J connectivity index is 2.18. The summed E-state index contributed by atoms with van der Waals surface area (Å²) in [4.78, 5) is 50.0. The second-order valence-corrected chi connectivity index (χ2v) is 9.75. The third kappa shape index (κ3) is 6.33. The van der Waals surface area contributed by atoms with Gasteiger partial charge in [-0.3, -0.25) is 19.2 Å². The van der Waals surface area contributed by atoms with Crippen LogP contribution in [0.3, 0.4) is 0 Å². The largest absolute Gasteiger partial charge is 0.423 e. The molecule has 0 unspecified atom stereocenters. The molecule has 0 aromatic heterocycles. The number of aryl methyl sites for hydroxylation is 1. The summed E-state index contributed by atoms with van der Waals surface area (Å²) in [5.41, 5.74) is 1.24. The Morgan fingerprint density at radius 1 is 0.857 bits per heavy atom. The van der Waals surface area contributed by atoms with Crippen molar-refractivity contribution >= 4 is 39.3 Å². The van der Waals surface area contributed by atoms with Gasteiger partial charge in [0.2, 0.25) is 5.75 Å². The Hall–Kier alpha value is -3.99. The molecule has 0 aliphatic carbocycles. The summed E-state index contributed by atoms with van der Waals surface area (Å²) >= 11 is 0. The number of carbonyl (C=O) groups excluding carboxylic acids is 4. The Kier molecular flexibility index (Phi) is 7.39. The topological polar surface area (TPSA) is 133 Å². The molecule has 184 valence electrons. The molecule has 1 atom stereocenters. The van der Waals surface area contributed by atoms with E-state index in [0.29, 0.717) is 5.69 Å². The zero-order valence-electron chi connectivity index (χ0n) is 19.4. The SMILES string of the molecule is CC(=O)Oc1cc(C(=O)N(c2ccc(C)cc2)[C@H]2C=CS(=O)(=O)C2)cc(OC(C)=O)c1OC(C)=O. The van der Waals surface area contributed by atoms with Crippen LogP contribution in [-0.2, 0) is 24.2 Å². The predicted octanol–water partition coefficient (Wildman–Crippen LogP) is 2.73. The van der Waals surface area contributed by atoms with Crippen molar-refractivity contribution in [3.05, 3.63) is 59.0 Å². The molecule has 11 heteroatoms. The minimum absolute atomic E-state index is 0.105. The van der Waals surface area contributed by atoms with E-state index in [1.54, 1.807) is 24.3 Å². The van der Waals surface area contributed by atoms with E-state index in [-0.39, 0.29) is 28.6 Å². The van der Waals surface area contributed by atoms with Crippen LogP contribution in [-0.4, -0.2) is 44.0 Å². The fraction of sp³-hybridized carbons (Fsp3) is 0.250. The van der Waals surface area contributed by atoms with Gasteiger partial charge in [0.25, 0.3) is 5.91 Å². The normalized spacial score (nSPS) is 15.8. The monoisotopic (exact) mass is 501 g/mol. The van der Waals surface area contributed by atoms with Gasteiger partial charge in [0, 0.05) is 37.4 Å². The number of anilines is 1. The zero-order valence-corrected chi connectivity index (χ0v) is 20.2. The van der Waals surface area contributed by atoms with E-state index in [2.05, 4.69) is 0 Å². The maximum absolute atomic E-state index is 13.7. The summed E-state index contributed by atoms with van der Waals surface area (Å²) in [6, 6.07) is 8.35. The van der Waals surface area contributed by atoms with Crippen molar-refractivity contribution in [2.24, 2.45) is 0 Å². The Morgan fingerprint density at radius 2 is 1.37 bits per heavy atom. The molecule has 1 amide bonds. The number of benzene rings is 2. The summed E-state index contributed by atoms with van der Waals surface area (Å²) in [5.74, 6) is -4.35. The Labute approximate surface area is 202 Å². The van der Waals surface area contributed by atoms with Crippen molar-refractivity contribution in [3.8, 4) is 17.2 Å². The molecular weight excluding hydrogens is 478 g/mol. The van der Waals surface area contributed by atoms with Gasteiger partial charge >= 0.3 is 17.9 Å². The summed E-state index contributed by atoms with van der Waals surface area (Å²) < 4.78 is 39.6. The van der Waals surface area contributed by atoms with Crippen LogP contribution in [0.1, 0.15) is 36.7 Å². The molecule has 0 bridgehead atoms. The molecule has 0 spiro atoms. The van der Waals surface area contributed by atoms with Crippen LogP contribution in [0.2, 0.25) is 0 Å². The highest BCUT2D eigenvalue weighted by molar-refractivity contribution is 7.94. The molecule has 35 heavy (non-hydrogen) atoms. The molecule has 2 aromatic carbocycles. The molecule has 1 aliphatic rings. The number of amides is 1. The molecular formula is C24H23NO9S. The highest BCUT2D eigenvalue weighted by Gasteiger charge is 2.33. The highest BCUT2D eigenvalue weighted by atomic mass is 32.2. The van der Waals surface area contributed by atoms with Gasteiger partial charge in [-0.1, -0.05) is 17.7 Å². The van der Waals surface area contributed by atoms with Crippen LogP contribution >= 0.6 is 0 Å². The smallest absolute Gasteiger partial charge is 0.308 e. The molecule has 0 fully saturated rings. The number of rotatable bonds is 6. The van der Waals surface area contributed by atoms with Gasteiger partial charge in [0.05, 0.1) is 11.8 Å². The lowest BCUT2D eigenvalue weighted by atomic mass is 10.1. The standard InChI is InChI=1S/C24H23NO9S/c1-14-5-7-19(8-6-14)25(20-9-10-35(30,31)13-20)24(29)18-11-21(32-15(2)26)23(34-17(4)28)22(12-18)33-16(3)27/h5-12,20H,13H2,1-4H3/t20-/m0/s1. The second-order valence-electron chi connectivity index (χ2n) is 7.82. The fourth-order valence-electron chi connectivity index (χ4n) is 3.43. The first-order valence-corrected chi connectivity index (χ1v) is 12.1. The molecule has 0 saturated carbocycles. The van der Waals surface area contributed by atoms with E-state index in [1.807, 2.05) is 6.92 Å². The highest BCUT2D eigenvalue weighted by Crippen LogP contribution is 2.40. The third-order valence-corrected chi connectivity index (χ3v) is 6.17. The van der Waals surface area contributed by atoms with Gasteiger partial charge in [-0.25, -0.2) is 8.42 Å². The van der Waals surface area contributed by atoms with Crippen molar-refractivity contribution in [2.45, 2.75) is 33.7 Å². The van der Waals surface area contributed by atoms with Crippen molar-refractivity contribution in [2.75, 3.05) is 10.7 Å². The number of hydrogen-bond acceptors (Lipinski definition) is 9. The van der Waals surface area contributed by atoms with Crippen molar-refractivity contribution in [1.29, 1.82) is 0 Å². The number of carbonyl (C=O) groups is 4. The van der Waals surface area contributed by atoms with E-state index in [9.17, 15) is 27.6 Å². The molecule has 0 N–H and O–H groups in total. The van der Waals surface area contributed by atoms with Crippen molar-refractivity contribution < 1.29 is 41.8 Å². The van der Waals surface area contributed by atoms with Gasteiger partial charge in [0.15, 0.2) is 21.3 Å². The van der Waals surface area contributed by atoms with Crippen LogP contribution in [0.15, 0.2) is 47.9 Å². The molecule has 2 aromatic rings. The van der Waals surface area contributed by atoms with E-state index in [1.165, 1.54) is 11.0 Å². The lowest BCUT2D eigenvalue weighted by molar-refractivity contribution is -0.135. The maximum Gasteiger partial charge on any atom is 0.308 e. The Bertz CT molecular complexity index is 1290. The first kappa shape index (κ1) is 25.6. The van der Waals surface area contributed by atoms with Gasteiger partial charge in [0.1, 0.15) is 0 Å². The maximum atomic E-state index is 13.7. The van der Waals surface area contributed by atoms with Gasteiger partial charge in [-0.05, 0) is 37.3 Å². The predicted molar refractivity (Wildman–Crippen MR) is 125 cm³/mol. The quantitative estimate of drug-likeness (QED) is 0.433. The molecule has 10 nitrogen and oxygen atoms in total. The molecule has 0 saturated heterocycles. The van der Waals surface area contributed by atoms with Crippen LogP contribution < -0.4 is 19.1 Å². The molecule has 3 rings (SSSR count). The van der Waals surface area contributed by atoms with Crippen LogP contribution in [0.25, 0.3) is 0 Å². The number of hydrogen-bond donors (Lipinski definition) is 0. The van der Waals surface area contributed by atoms with E-state index < -0.39 is 39.7 Å². The van der Waals surface area contributed by atoms with Gasteiger partial charge in [-0.2, -0.15) is 0 Å². The lowest BCUT2D eigenvalue weighted by Crippen LogP contribution is -2.41. The number of nitrogens with zero attached hydrogens (tertiary/aromatic N) is 1. The average molecular weight is 502 g/mol. The summed E-state index contributed by atoms with van der Waals surface area (Å²) in [5, 5.41) is 1.05. The lowest BCUT2D eigenvalue weighted by Gasteiger charge is -2.28. The molecule has 1 aliphatic heterocycles. The number of ether oxygens (including phenoxy) is 3. The summed E-state index contributed by atoms with van der Waals surface area (Å²) in [6.07, 6.45) is 1.40. The second kappa shape index (κ2) is 10.1. The number of sulfone groups is 1. The summed E-state index contributed by atoms with van der Waals surface area (Å²) in [6.45, 7) is 5.16. The summed E-state index contributed by atoms with van der Waals surface area (Å²) in [7, 11) is -3.51. The first-order chi connectivity index (χ1) is 16.4. The first-order valence-electron chi connectivity index (χ1n) is 10.4. The molecule has 0 radical (unpaired) electrons.